The molecule has 0 aromatic heterocycles. The summed E-state index contributed by atoms with van der Waals surface area (Å²) in [4.78, 5) is 11.5. The fraction of sp³-hybridized carbons (Fsp3) is 0.364. The van der Waals surface area contributed by atoms with Crippen LogP contribution in [0, 0.1) is 0 Å². The van der Waals surface area contributed by atoms with Gasteiger partial charge < -0.3 is 0 Å². The van der Waals surface area contributed by atoms with Gasteiger partial charge in [-0.1, -0.05) is 28.9 Å². The molecule has 2 heteroatoms. The molecule has 2 rings (SSSR count). The molecule has 0 fully saturated rings. The van der Waals surface area contributed by atoms with Crippen LogP contribution in [0.1, 0.15) is 34.8 Å². The van der Waals surface area contributed by atoms with Crippen molar-refractivity contribution in [3.63, 3.8) is 0 Å². The van der Waals surface area contributed by atoms with E-state index in [9.17, 15) is 4.79 Å². The first kappa shape index (κ1) is 8.95. The summed E-state index contributed by atoms with van der Waals surface area (Å²) >= 11 is 3.43. The third-order valence-corrected chi connectivity index (χ3v) is 3.28. The lowest BCUT2D eigenvalue weighted by atomic mass is 10.0. The fourth-order valence-electron chi connectivity index (χ4n) is 1.94. The molecule has 0 saturated heterocycles. The number of benzene rings is 1. The second-order valence-electron chi connectivity index (χ2n) is 3.34. The minimum absolute atomic E-state index is 0.289. The molecule has 0 spiro atoms. The van der Waals surface area contributed by atoms with Gasteiger partial charge in [-0.15, -0.1) is 0 Å². The number of halogens is 1. The Morgan fingerprint density at radius 1 is 1.38 bits per heavy atom. The first-order chi connectivity index (χ1) is 6.24. The standard InChI is InChI=1S/C11H11BrO/c1-2-7-3-5-9(12)11-8(7)4-6-10(11)13/h3,5H,2,4,6H2,1H3. The van der Waals surface area contributed by atoms with Crippen LogP contribution < -0.4 is 0 Å². The lowest BCUT2D eigenvalue weighted by molar-refractivity contribution is 0.0994. The second kappa shape index (κ2) is 3.26. The quantitative estimate of drug-likeness (QED) is 0.735. The zero-order valence-corrected chi connectivity index (χ0v) is 9.15. The highest BCUT2D eigenvalue weighted by Crippen LogP contribution is 2.31. The lowest BCUT2D eigenvalue weighted by Crippen LogP contribution is -1.95. The normalized spacial score (nSPS) is 14.8. The molecule has 0 N–H and O–H groups in total. The number of aryl methyl sites for hydroxylation is 1. The summed E-state index contributed by atoms with van der Waals surface area (Å²) in [7, 11) is 0. The minimum atomic E-state index is 0.289. The topological polar surface area (TPSA) is 17.1 Å². The fourth-order valence-corrected chi connectivity index (χ4v) is 2.54. The average molecular weight is 239 g/mol. The van der Waals surface area contributed by atoms with Crippen LogP contribution in [-0.2, 0) is 12.8 Å². The van der Waals surface area contributed by atoms with Crippen LogP contribution in [0.15, 0.2) is 16.6 Å². The van der Waals surface area contributed by atoms with Crippen molar-refractivity contribution in [2.45, 2.75) is 26.2 Å². The molecule has 0 heterocycles. The van der Waals surface area contributed by atoms with Gasteiger partial charge in [0.15, 0.2) is 5.78 Å². The lowest BCUT2D eigenvalue weighted by Gasteiger charge is -2.06. The van der Waals surface area contributed by atoms with E-state index in [1.807, 2.05) is 6.07 Å². The Kier molecular flexibility index (Phi) is 2.24. The molecule has 0 amide bonds. The smallest absolute Gasteiger partial charge is 0.164 e. The highest BCUT2D eigenvalue weighted by atomic mass is 79.9. The van der Waals surface area contributed by atoms with E-state index in [1.54, 1.807) is 0 Å². The van der Waals surface area contributed by atoms with Crippen molar-refractivity contribution in [2.75, 3.05) is 0 Å². The zero-order chi connectivity index (χ0) is 9.42. The van der Waals surface area contributed by atoms with Crippen molar-refractivity contribution in [3.8, 4) is 0 Å². The molecular weight excluding hydrogens is 228 g/mol. The van der Waals surface area contributed by atoms with E-state index in [0.717, 1.165) is 22.9 Å². The van der Waals surface area contributed by atoms with Crippen molar-refractivity contribution >= 4 is 21.7 Å². The van der Waals surface area contributed by atoms with E-state index < -0.39 is 0 Å². The molecular formula is C11H11BrO. The maximum atomic E-state index is 11.5. The number of ketones is 1. The SMILES string of the molecule is CCc1ccc(Br)c2c1CCC2=O. The van der Waals surface area contributed by atoms with Crippen molar-refractivity contribution < 1.29 is 4.79 Å². The molecule has 1 aliphatic carbocycles. The summed E-state index contributed by atoms with van der Waals surface area (Å²) in [5, 5.41) is 0. The predicted octanol–water partition coefficient (Wildman–Crippen LogP) is 3.14. The first-order valence-corrected chi connectivity index (χ1v) is 5.36. The van der Waals surface area contributed by atoms with Crippen molar-refractivity contribution in [1.82, 2.24) is 0 Å². The van der Waals surface area contributed by atoms with Gasteiger partial charge in [-0.3, -0.25) is 4.79 Å². The molecule has 1 nitrogen and oxygen atoms in total. The third-order valence-electron chi connectivity index (χ3n) is 2.62. The zero-order valence-electron chi connectivity index (χ0n) is 7.56. The second-order valence-corrected chi connectivity index (χ2v) is 4.19. The number of fused-ring (bicyclic) bond motifs is 1. The maximum Gasteiger partial charge on any atom is 0.164 e. The van der Waals surface area contributed by atoms with Gasteiger partial charge in [-0.2, -0.15) is 0 Å². The van der Waals surface area contributed by atoms with Gasteiger partial charge in [0.1, 0.15) is 0 Å². The summed E-state index contributed by atoms with van der Waals surface area (Å²) in [5.41, 5.74) is 3.52. The first-order valence-electron chi connectivity index (χ1n) is 4.57. The van der Waals surface area contributed by atoms with Crippen molar-refractivity contribution in [2.24, 2.45) is 0 Å². The Hall–Kier alpha value is -0.630. The van der Waals surface area contributed by atoms with Gasteiger partial charge in [0.05, 0.1) is 0 Å². The van der Waals surface area contributed by atoms with Crippen LogP contribution in [0.25, 0.3) is 0 Å². The molecule has 0 unspecified atom stereocenters. The number of rotatable bonds is 1. The highest BCUT2D eigenvalue weighted by molar-refractivity contribution is 9.10. The van der Waals surface area contributed by atoms with Crippen molar-refractivity contribution in [1.29, 1.82) is 0 Å². The molecule has 0 bridgehead atoms. The van der Waals surface area contributed by atoms with Crippen LogP contribution in [0.5, 0.6) is 0 Å². The Bertz CT molecular complexity index is 369. The summed E-state index contributed by atoms with van der Waals surface area (Å²) in [6, 6.07) is 4.10. The Morgan fingerprint density at radius 2 is 2.15 bits per heavy atom. The predicted molar refractivity (Wildman–Crippen MR) is 56.2 cm³/mol. The van der Waals surface area contributed by atoms with Gasteiger partial charge in [0.2, 0.25) is 0 Å². The van der Waals surface area contributed by atoms with E-state index in [1.165, 1.54) is 11.1 Å². The monoisotopic (exact) mass is 238 g/mol. The number of hydrogen-bond donors (Lipinski definition) is 0. The van der Waals surface area contributed by atoms with E-state index in [4.69, 9.17) is 0 Å². The molecule has 1 aromatic rings. The molecule has 0 saturated carbocycles. The highest BCUT2D eigenvalue weighted by Gasteiger charge is 2.23. The molecule has 1 aromatic carbocycles. The summed E-state index contributed by atoms with van der Waals surface area (Å²) in [5.74, 6) is 0.289. The van der Waals surface area contributed by atoms with Gasteiger partial charge in [0, 0.05) is 16.5 Å². The third kappa shape index (κ3) is 1.33. The van der Waals surface area contributed by atoms with E-state index >= 15 is 0 Å². The van der Waals surface area contributed by atoms with E-state index in [2.05, 4.69) is 28.9 Å². The average Bonchev–Trinajstić information content (AvgIpc) is 2.50. The van der Waals surface area contributed by atoms with Gasteiger partial charge in [-0.05, 0) is 30.0 Å². The van der Waals surface area contributed by atoms with Crippen LogP contribution in [-0.4, -0.2) is 5.78 Å². The summed E-state index contributed by atoms with van der Waals surface area (Å²) in [6.07, 6.45) is 2.63. The molecule has 0 atom stereocenters. The number of carbonyl (C=O) groups is 1. The maximum absolute atomic E-state index is 11.5. The summed E-state index contributed by atoms with van der Waals surface area (Å²) in [6.45, 7) is 2.13. The Morgan fingerprint density at radius 3 is 2.85 bits per heavy atom. The van der Waals surface area contributed by atoms with Crippen LogP contribution in [0.4, 0.5) is 0 Å². The summed E-state index contributed by atoms with van der Waals surface area (Å²) < 4.78 is 0.960. The number of Topliss-reactive ketones (excluding diaryl/α,β-unsaturated/α-hetero) is 1. The number of carbonyl (C=O) groups excluding carboxylic acids is 1. The Balaban J connectivity index is 2.65. The molecule has 68 valence electrons. The van der Waals surface area contributed by atoms with E-state index in [-0.39, 0.29) is 5.78 Å². The van der Waals surface area contributed by atoms with Crippen molar-refractivity contribution in [3.05, 3.63) is 33.3 Å². The van der Waals surface area contributed by atoms with Gasteiger partial charge in [-0.25, -0.2) is 0 Å². The van der Waals surface area contributed by atoms with Crippen LogP contribution >= 0.6 is 15.9 Å². The molecule has 1 aliphatic rings. The molecule has 0 aliphatic heterocycles. The van der Waals surface area contributed by atoms with Gasteiger partial charge in [0.25, 0.3) is 0 Å². The van der Waals surface area contributed by atoms with E-state index in [0.29, 0.717) is 6.42 Å². The molecule has 13 heavy (non-hydrogen) atoms. The van der Waals surface area contributed by atoms with Crippen LogP contribution in [0.2, 0.25) is 0 Å². The van der Waals surface area contributed by atoms with Gasteiger partial charge >= 0.3 is 0 Å². The Labute approximate surface area is 86.3 Å². The largest absolute Gasteiger partial charge is 0.294 e. The molecule has 0 radical (unpaired) electrons. The number of hydrogen-bond acceptors (Lipinski definition) is 1. The minimum Gasteiger partial charge on any atom is -0.294 e. The van der Waals surface area contributed by atoms with Crippen LogP contribution in [0.3, 0.4) is 0 Å².